The second kappa shape index (κ2) is 9.00. The van der Waals surface area contributed by atoms with Gasteiger partial charge in [0.25, 0.3) is 0 Å². The van der Waals surface area contributed by atoms with Crippen LogP contribution >= 0.6 is 0 Å². The number of benzene rings is 6. The van der Waals surface area contributed by atoms with Gasteiger partial charge in [-0.2, -0.15) is 0 Å². The molecule has 0 unspecified atom stereocenters. The van der Waals surface area contributed by atoms with E-state index in [-0.39, 0.29) is 0 Å². The number of aryl methyl sites for hydroxylation is 1. The number of aromatic nitrogens is 2. The summed E-state index contributed by atoms with van der Waals surface area (Å²) in [6.07, 6.45) is 0. The van der Waals surface area contributed by atoms with E-state index in [2.05, 4.69) is 156 Å². The zero-order valence-electron chi connectivity index (χ0n) is 22.4. The van der Waals surface area contributed by atoms with Crippen molar-refractivity contribution in [1.82, 2.24) is 9.13 Å². The number of rotatable bonds is 4. The fourth-order valence-corrected chi connectivity index (χ4v) is 6.49. The highest BCUT2D eigenvalue weighted by Gasteiger charge is 2.19. The van der Waals surface area contributed by atoms with E-state index in [9.17, 15) is 0 Å². The molecular formula is C38H28N2. The molecule has 0 N–H and O–H groups in total. The first kappa shape index (κ1) is 22.9. The molecule has 6 aromatic carbocycles. The Morgan fingerprint density at radius 2 is 0.975 bits per heavy atom. The van der Waals surface area contributed by atoms with E-state index in [0.717, 1.165) is 6.54 Å². The van der Waals surface area contributed by atoms with Crippen molar-refractivity contribution in [3.8, 4) is 27.9 Å². The molecule has 0 atom stereocenters. The van der Waals surface area contributed by atoms with Gasteiger partial charge in [-0.25, -0.2) is 0 Å². The molecule has 0 aliphatic rings. The molecule has 2 nitrogen and oxygen atoms in total. The summed E-state index contributed by atoms with van der Waals surface area (Å²) in [5.41, 5.74) is 11.2. The molecule has 2 aromatic heterocycles. The van der Waals surface area contributed by atoms with Gasteiger partial charge in [-0.05, 0) is 53.4 Å². The summed E-state index contributed by atoms with van der Waals surface area (Å²) in [6, 6.07) is 50.7. The van der Waals surface area contributed by atoms with E-state index in [4.69, 9.17) is 0 Å². The molecule has 0 aliphatic heterocycles. The third-order valence-corrected chi connectivity index (χ3v) is 8.31. The minimum atomic E-state index is 0.915. The van der Waals surface area contributed by atoms with Gasteiger partial charge in [-0.3, -0.25) is 0 Å². The van der Waals surface area contributed by atoms with Crippen molar-refractivity contribution < 1.29 is 0 Å². The van der Waals surface area contributed by atoms with Crippen LogP contribution < -0.4 is 0 Å². The first-order valence-electron chi connectivity index (χ1n) is 14.0. The van der Waals surface area contributed by atoms with E-state index in [1.165, 1.54) is 71.6 Å². The third kappa shape index (κ3) is 3.36. The quantitative estimate of drug-likeness (QED) is 0.222. The van der Waals surface area contributed by atoms with E-state index in [0.29, 0.717) is 0 Å². The molecular weight excluding hydrogens is 484 g/mol. The zero-order chi connectivity index (χ0) is 26.6. The van der Waals surface area contributed by atoms with Crippen LogP contribution in [0.2, 0.25) is 0 Å². The molecule has 40 heavy (non-hydrogen) atoms. The number of para-hydroxylation sites is 2. The molecule has 0 radical (unpaired) electrons. The summed E-state index contributed by atoms with van der Waals surface area (Å²) in [7, 11) is 0. The van der Waals surface area contributed by atoms with E-state index in [1.54, 1.807) is 0 Å². The summed E-state index contributed by atoms with van der Waals surface area (Å²) >= 11 is 0. The Hall–Kier alpha value is -5.08. The van der Waals surface area contributed by atoms with Crippen LogP contribution in [0.15, 0.2) is 140 Å². The monoisotopic (exact) mass is 512 g/mol. The average Bonchev–Trinajstić information content (AvgIpc) is 3.54. The Kier molecular flexibility index (Phi) is 5.14. The molecule has 0 amide bonds. The summed E-state index contributed by atoms with van der Waals surface area (Å²) in [4.78, 5) is 0. The average molecular weight is 513 g/mol. The van der Waals surface area contributed by atoms with Crippen molar-refractivity contribution in [2.45, 2.75) is 13.5 Å². The first-order valence-corrected chi connectivity index (χ1v) is 14.0. The van der Waals surface area contributed by atoms with Gasteiger partial charge in [0.2, 0.25) is 0 Å². The van der Waals surface area contributed by atoms with Crippen LogP contribution in [0.1, 0.15) is 6.92 Å². The van der Waals surface area contributed by atoms with Gasteiger partial charge in [0.1, 0.15) is 0 Å². The van der Waals surface area contributed by atoms with Crippen LogP contribution in [-0.2, 0) is 6.54 Å². The molecule has 2 heterocycles. The van der Waals surface area contributed by atoms with Gasteiger partial charge >= 0.3 is 0 Å². The molecule has 0 bridgehead atoms. The van der Waals surface area contributed by atoms with E-state index in [1.807, 2.05) is 0 Å². The molecule has 8 aromatic rings. The highest BCUT2D eigenvalue weighted by atomic mass is 15.0. The SMILES string of the molecule is CCn1c2ccccc2c2ccc3c4ccccc4n(-c4cccc(-c5ccc(-c6ccccc6)cc5)c4)c3c21. The molecule has 2 heteroatoms. The fraction of sp³-hybridized carbons (Fsp3) is 0.0526. The largest absolute Gasteiger partial charge is 0.339 e. The fourth-order valence-electron chi connectivity index (χ4n) is 6.49. The molecule has 0 spiro atoms. The molecule has 0 aliphatic carbocycles. The maximum Gasteiger partial charge on any atom is 0.0785 e. The number of nitrogens with zero attached hydrogens (tertiary/aromatic N) is 2. The van der Waals surface area contributed by atoms with Crippen molar-refractivity contribution in [2.75, 3.05) is 0 Å². The first-order chi connectivity index (χ1) is 19.8. The topological polar surface area (TPSA) is 9.86 Å². The number of fused-ring (bicyclic) bond motifs is 7. The number of hydrogen-bond donors (Lipinski definition) is 0. The van der Waals surface area contributed by atoms with Gasteiger partial charge in [-0.15, -0.1) is 0 Å². The van der Waals surface area contributed by atoms with Crippen LogP contribution in [0.25, 0.3) is 71.6 Å². The lowest BCUT2D eigenvalue weighted by molar-refractivity contribution is 0.828. The Labute approximate surface area is 233 Å². The van der Waals surface area contributed by atoms with Crippen molar-refractivity contribution in [2.24, 2.45) is 0 Å². The summed E-state index contributed by atoms with van der Waals surface area (Å²) in [6.45, 7) is 3.16. The highest BCUT2D eigenvalue weighted by Crippen LogP contribution is 2.40. The van der Waals surface area contributed by atoms with Crippen LogP contribution in [0.3, 0.4) is 0 Å². The zero-order valence-corrected chi connectivity index (χ0v) is 22.4. The molecule has 0 saturated heterocycles. The molecule has 190 valence electrons. The summed E-state index contributed by atoms with van der Waals surface area (Å²) in [5, 5.41) is 5.19. The minimum Gasteiger partial charge on any atom is -0.339 e. The van der Waals surface area contributed by atoms with Crippen molar-refractivity contribution >= 4 is 43.6 Å². The van der Waals surface area contributed by atoms with Crippen molar-refractivity contribution in [3.05, 3.63) is 140 Å². The Morgan fingerprint density at radius 3 is 1.70 bits per heavy atom. The highest BCUT2D eigenvalue weighted by molar-refractivity contribution is 6.23. The van der Waals surface area contributed by atoms with Crippen molar-refractivity contribution in [1.29, 1.82) is 0 Å². The Morgan fingerprint density at radius 1 is 0.425 bits per heavy atom. The summed E-state index contributed by atoms with van der Waals surface area (Å²) in [5.74, 6) is 0. The van der Waals surface area contributed by atoms with Gasteiger partial charge in [-0.1, -0.05) is 115 Å². The van der Waals surface area contributed by atoms with Crippen LogP contribution in [0.5, 0.6) is 0 Å². The molecule has 0 fully saturated rings. The molecule has 8 rings (SSSR count). The second-order valence-corrected chi connectivity index (χ2v) is 10.5. The lowest BCUT2D eigenvalue weighted by atomic mass is 10.00. The van der Waals surface area contributed by atoms with Gasteiger partial charge in [0, 0.05) is 39.3 Å². The van der Waals surface area contributed by atoms with Gasteiger partial charge in [0.05, 0.1) is 16.6 Å². The van der Waals surface area contributed by atoms with E-state index >= 15 is 0 Å². The maximum atomic E-state index is 2.48. The van der Waals surface area contributed by atoms with Crippen LogP contribution in [0.4, 0.5) is 0 Å². The Balaban J connectivity index is 1.38. The smallest absolute Gasteiger partial charge is 0.0785 e. The molecule has 0 saturated carbocycles. The Bertz CT molecular complexity index is 2180. The maximum absolute atomic E-state index is 2.48. The predicted octanol–water partition coefficient (Wildman–Crippen LogP) is 10.2. The normalized spacial score (nSPS) is 11.7. The minimum absolute atomic E-state index is 0.915. The van der Waals surface area contributed by atoms with Crippen molar-refractivity contribution in [3.63, 3.8) is 0 Å². The summed E-state index contributed by atoms with van der Waals surface area (Å²) < 4.78 is 4.95. The number of hydrogen-bond acceptors (Lipinski definition) is 0. The van der Waals surface area contributed by atoms with E-state index < -0.39 is 0 Å². The van der Waals surface area contributed by atoms with Gasteiger partial charge in [0.15, 0.2) is 0 Å². The lowest BCUT2D eigenvalue weighted by Crippen LogP contribution is -1.99. The lowest BCUT2D eigenvalue weighted by Gasteiger charge is -2.13. The predicted molar refractivity (Wildman–Crippen MR) is 170 cm³/mol. The standard InChI is InChI=1S/C38H28N2/c1-2-39-35-17-8-6-15-31(35)33-23-24-34-32-16-7-9-18-36(32)40(38(34)37(33)39)30-14-10-13-29(25-30)28-21-19-27(20-22-28)26-11-4-3-5-12-26/h3-25H,2H2,1H3. The van der Waals surface area contributed by atoms with Crippen LogP contribution in [0, 0.1) is 0 Å². The van der Waals surface area contributed by atoms with Crippen LogP contribution in [-0.4, -0.2) is 9.13 Å². The van der Waals surface area contributed by atoms with Gasteiger partial charge < -0.3 is 9.13 Å². The third-order valence-electron chi connectivity index (χ3n) is 8.31. The second-order valence-electron chi connectivity index (χ2n) is 10.5.